The fraction of sp³-hybridized carbons (Fsp3) is 0.400. The molecule has 3 rings (SSSR count). The standard InChI is InChI=1S/C20H24N4O4/c1-5-26-16-8-12(6-7-15(16)27-11(2)3)17-13(9-21)19(22)28-20-18(17)14(10-25-4)23-24-20/h6-8,11,17H,5,10,22H2,1-4H3,(H,23,24)/t17-/m1/s1. The summed E-state index contributed by atoms with van der Waals surface area (Å²) in [4.78, 5) is 0. The van der Waals surface area contributed by atoms with E-state index in [0.29, 0.717) is 36.2 Å². The van der Waals surface area contributed by atoms with Crippen molar-refractivity contribution >= 4 is 0 Å². The zero-order valence-electron chi connectivity index (χ0n) is 16.4. The first-order valence-corrected chi connectivity index (χ1v) is 9.07. The Morgan fingerprint density at radius 1 is 1.36 bits per heavy atom. The SMILES string of the molecule is CCOc1cc([C@@H]2C(C#N)=C(N)Oc3n[nH]c(COC)c32)ccc1OC(C)C. The van der Waals surface area contributed by atoms with Gasteiger partial charge in [0.05, 0.1) is 36.5 Å². The molecule has 8 heteroatoms. The van der Waals surface area contributed by atoms with E-state index in [1.54, 1.807) is 7.11 Å². The molecule has 0 fully saturated rings. The second-order valence-corrected chi connectivity index (χ2v) is 6.58. The highest BCUT2D eigenvalue weighted by Gasteiger charge is 2.35. The van der Waals surface area contributed by atoms with E-state index in [4.69, 9.17) is 24.7 Å². The maximum Gasteiger partial charge on any atom is 0.244 e. The normalized spacial score (nSPS) is 15.8. The highest BCUT2D eigenvalue weighted by molar-refractivity contribution is 5.57. The lowest BCUT2D eigenvalue weighted by atomic mass is 9.84. The van der Waals surface area contributed by atoms with Crippen molar-refractivity contribution in [3.05, 3.63) is 46.5 Å². The average Bonchev–Trinajstić information content (AvgIpc) is 3.04. The average molecular weight is 384 g/mol. The van der Waals surface area contributed by atoms with Crippen molar-refractivity contribution in [2.45, 2.75) is 39.4 Å². The number of hydrogen-bond acceptors (Lipinski definition) is 7. The zero-order valence-corrected chi connectivity index (χ0v) is 16.4. The molecule has 0 radical (unpaired) electrons. The molecule has 8 nitrogen and oxygen atoms in total. The summed E-state index contributed by atoms with van der Waals surface area (Å²) in [5.74, 6) is 1.18. The minimum Gasteiger partial charge on any atom is -0.490 e. The van der Waals surface area contributed by atoms with Gasteiger partial charge in [-0.05, 0) is 38.5 Å². The number of benzene rings is 1. The van der Waals surface area contributed by atoms with Gasteiger partial charge in [-0.25, -0.2) is 0 Å². The molecule has 1 aliphatic rings. The van der Waals surface area contributed by atoms with Crippen LogP contribution in [0.2, 0.25) is 0 Å². The van der Waals surface area contributed by atoms with Crippen molar-refractivity contribution in [1.82, 2.24) is 10.2 Å². The molecular weight excluding hydrogens is 360 g/mol. The van der Waals surface area contributed by atoms with E-state index >= 15 is 0 Å². The lowest BCUT2D eigenvalue weighted by Crippen LogP contribution is -2.21. The number of rotatable bonds is 7. The molecule has 3 N–H and O–H groups in total. The Balaban J connectivity index is 2.14. The molecule has 0 saturated carbocycles. The summed E-state index contributed by atoms with van der Waals surface area (Å²) in [5, 5.41) is 16.8. The Hall–Kier alpha value is -3.18. The number of nitrogens with one attached hydrogen (secondary N) is 1. The number of fused-ring (bicyclic) bond motifs is 1. The molecule has 1 aromatic carbocycles. The van der Waals surface area contributed by atoms with Gasteiger partial charge in [0.2, 0.25) is 11.8 Å². The lowest BCUT2D eigenvalue weighted by molar-refractivity contribution is 0.180. The topological polar surface area (TPSA) is 115 Å². The van der Waals surface area contributed by atoms with Gasteiger partial charge in [-0.1, -0.05) is 6.07 Å². The Morgan fingerprint density at radius 3 is 2.79 bits per heavy atom. The van der Waals surface area contributed by atoms with Crippen LogP contribution in [-0.4, -0.2) is 30.0 Å². The van der Waals surface area contributed by atoms with E-state index in [0.717, 1.165) is 16.8 Å². The number of hydrogen-bond donors (Lipinski definition) is 2. The van der Waals surface area contributed by atoms with E-state index in [9.17, 15) is 5.26 Å². The molecule has 1 atom stereocenters. The predicted molar refractivity (Wildman–Crippen MR) is 102 cm³/mol. The van der Waals surface area contributed by atoms with Gasteiger partial charge >= 0.3 is 0 Å². The number of nitrogens with two attached hydrogens (primary N) is 1. The third-order valence-corrected chi connectivity index (χ3v) is 4.27. The maximum absolute atomic E-state index is 9.74. The molecule has 0 amide bonds. The first kappa shape index (κ1) is 19.6. The summed E-state index contributed by atoms with van der Waals surface area (Å²) in [6.45, 7) is 6.60. The summed E-state index contributed by atoms with van der Waals surface area (Å²) in [7, 11) is 1.59. The molecule has 28 heavy (non-hydrogen) atoms. The Kier molecular flexibility index (Phi) is 5.76. The number of H-pyrrole nitrogens is 1. The summed E-state index contributed by atoms with van der Waals surface area (Å²) in [6, 6.07) is 7.79. The molecule has 2 aromatic rings. The van der Waals surface area contributed by atoms with Crippen molar-refractivity contribution in [3.8, 4) is 23.4 Å². The van der Waals surface area contributed by atoms with Gasteiger partial charge in [0, 0.05) is 7.11 Å². The third-order valence-electron chi connectivity index (χ3n) is 4.27. The largest absolute Gasteiger partial charge is 0.490 e. The minimum atomic E-state index is -0.454. The van der Waals surface area contributed by atoms with Crippen molar-refractivity contribution in [3.63, 3.8) is 0 Å². The van der Waals surface area contributed by atoms with Crippen LogP contribution < -0.4 is 19.9 Å². The molecule has 1 aliphatic heterocycles. The highest BCUT2D eigenvalue weighted by Crippen LogP contribution is 2.44. The molecule has 0 spiro atoms. The first-order valence-electron chi connectivity index (χ1n) is 9.07. The number of methoxy groups -OCH3 is 1. The highest BCUT2D eigenvalue weighted by atomic mass is 16.5. The van der Waals surface area contributed by atoms with Gasteiger partial charge in [0.1, 0.15) is 11.6 Å². The minimum absolute atomic E-state index is 0.00660. The molecule has 0 aliphatic carbocycles. The fourth-order valence-corrected chi connectivity index (χ4v) is 3.22. The Bertz CT molecular complexity index is 927. The Morgan fingerprint density at radius 2 is 2.14 bits per heavy atom. The molecule has 0 bridgehead atoms. The maximum atomic E-state index is 9.74. The first-order chi connectivity index (χ1) is 13.5. The molecule has 0 unspecified atom stereocenters. The van der Waals surface area contributed by atoms with Crippen LogP contribution in [0.15, 0.2) is 29.7 Å². The van der Waals surface area contributed by atoms with Gasteiger partial charge < -0.3 is 24.7 Å². The number of allylic oxidation sites excluding steroid dienone is 1. The van der Waals surface area contributed by atoms with Crippen molar-refractivity contribution in [2.75, 3.05) is 13.7 Å². The molecule has 0 saturated heterocycles. The second-order valence-electron chi connectivity index (χ2n) is 6.58. The van der Waals surface area contributed by atoms with Gasteiger partial charge in [0.25, 0.3) is 0 Å². The van der Waals surface area contributed by atoms with Crippen LogP contribution in [0.1, 0.15) is 43.5 Å². The van der Waals surface area contributed by atoms with Crippen LogP contribution in [-0.2, 0) is 11.3 Å². The van der Waals surface area contributed by atoms with Crippen LogP contribution in [0.25, 0.3) is 0 Å². The van der Waals surface area contributed by atoms with E-state index in [1.807, 2.05) is 39.0 Å². The molecule has 148 valence electrons. The fourth-order valence-electron chi connectivity index (χ4n) is 3.22. The van der Waals surface area contributed by atoms with Gasteiger partial charge in [-0.3, -0.25) is 5.10 Å². The molecular formula is C20H24N4O4. The van der Waals surface area contributed by atoms with Crippen LogP contribution in [0.5, 0.6) is 17.4 Å². The number of ether oxygens (including phenoxy) is 4. The molecule has 1 aromatic heterocycles. The summed E-state index contributed by atoms with van der Waals surface area (Å²) in [5.41, 5.74) is 8.59. The number of aromatic nitrogens is 2. The summed E-state index contributed by atoms with van der Waals surface area (Å²) < 4.78 is 22.4. The van der Waals surface area contributed by atoms with Crippen molar-refractivity contribution in [2.24, 2.45) is 5.73 Å². The van der Waals surface area contributed by atoms with E-state index in [1.165, 1.54) is 0 Å². The zero-order chi connectivity index (χ0) is 20.3. The van der Waals surface area contributed by atoms with Gasteiger partial charge in [0.15, 0.2) is 11.5 Å². The van der Waals surface area contributed by atoms with E-state index in [-0.39, 0.29) is 12.0 Å². The third kappa shape index (κ3) is 3.62. The predicted octanol–water partition coefficient (Wildman–Crippen LogP) is 2.96. The molecule has 2 heterocycles. The van der Waals surface area contributed by atoms with Crippen LogP contribution in [0.4, 0.5) is 0 Å². The number of nitrogens with zero attached hydrogens (tertiary/aromatic N) is 2. The van der Waals surface area contributed by atoms with Crippen LogP contribution >= 0.6 is 0 Å². The number of nitriles is 1. The van der Waals surface area contributed by atoms with E-state index < -0.39 is 5.92 Å². The number of aromatic amines is 1. The lowest BCUT2D eigenvalue weighted by Gasteiger charge is -2.25. The van der Waals surface area contributed by atoms with Crippen LogP contribution in [0, 0.1) is 11.3 Å². The van der Waals surface area contributed by atoms with Gasteiger partial charge in [-0.2, -0.15) is 5.26 Å². The second kappa shape index (κ2) is 8.23. The summed E-state index contributed by atoms with van der Waals surface area (Å²) in [6.07, 6.45) is 0.00660. The van der Waals surface area contributed by atoms with Gasteiger partial charge in [-0.15, -0.1) is 5.10 Å². The van der Waals surface area contributed by atoms with Crippen molar-refractivity contribution in [1.29, 1.82) is 5.26 Å². The summed E-state index contributed by atoms with van der Waals surface area (Å²) >= 11 is 0. The monoisotopic (exact) mass is 384 g/mol. The van der Waals surface area contributed by atoms with Crippen LogP contribution in [0.3, 0.4) is 0 Å². The Labute approximate surface area is 163 Å². The van der Waals surface area contributed by atoms with E-state index in [2.05, 4.69) is 16.3 Å². The quantitative estimate of drug-likeness (QED) is 0.754. The van der Waals surface area contributed by atoms with Crippen molar-refractivity contribution < 1.29 is 18.9 Å². The smallest absolute Gasteiger partial charge is 0.244 e.